The number of anilines is 2. The first-order chi connectivity index (χ1) is 17.6. The van der Waals surface area contributed by atoms with Gasteiger partial charge in [-0.2, -0.15) is 0 Å². The van der Waals surface area contributed by atoms with E-state index in [1.165, 1.54) is 23.0 Å². The molecule has 1 N–H and O–H groups in total. The van der Waals surface area contributed by atoms with E-state index < -0.39 is 27.5 Å². The molecule has 0 bridgehead atoms. The number of hydrogen-bond donors (Lipinski definition) is 1. The summed E-state index contributed by atoms with van der Waals surface area (Å²) in [6, 6.07) is 8.30. The Morgan fingerprint density at radius 2 is 1.84 bits per heavy atom. The Kier molecular flexibility index (Phi) is 6.41. The number of aromatic nitrogens is 2. The second-order valence-electron chi connectivity index (χ2n) is 9.49. The molecule has 0 fully saturated rings. The molecule has 7 nitrogen and oxygen atoms in total. The number of ether oxygens (including phenoxy) is 1. The molecule has 10 heteroatoms. The van der Waals surface area contributed by atoms with Gasteiger partial charge in [0.2, 0.25) is 0 Å². The molecule has 37 heavy (non-hydrogen) atoms. The van der Waals surface area contributed by atoms with E-state index in [1.54, 1.807) is 44.8 Å². The number of halogens is 2. The quantitative estimate of drug-likeness (QED) is 0.343. The molecule has 1 aliphatic rings. The molecule has 1 unspecified atom stereocenters. The van der Waals surface area contributed by atoms with Crippen LogP contribution in [0.25, 0.3) is 22.0 Å². The highest BCUT2D eigenvalue weighted by atomic mass is 32.2. The molecule has 4 aromatic rings. The SMILES string of the molecule is COCCCC1c2c[nH]c3c(=O)n(C)cc(c23)-c2cc(CS(C)(=O)=O)ccc2N1c1ccc(F)cc1F. The average Bonchev–Trinajstić information content (AvgIpc) is 3.22. The molecule has 1 aliphatic heterocycles. The van der Waals surface area contributed by atoms with Crippen LogP contribution < -0.4 is 10.5 Å². The molecule has 194 valence electrons. The van der Waals surface area contributed by atoms with Crippen LogP contribution in [0.3, 0.4) is 0 Å². The van der Waals surface area contributed by atoms with E-state index in [-0.39, 0.29) is 17.0 Å². The minimum atomic E-state index is -3.32. The Morgan fingerprint density at radius 1 is 1.08 bits per heavy atom. The molecule has 2 aromatic heterocycles. The van der Waals surface area contributed by atoms with Crippen molar-refractivity contribution >= 4 is 32.1 Å². The number of methoxy groups -OCH3 is 1. The maximum atomic E-state index is 15.4. The molecular weight excluding hydrogens is 500 g/mol. The third-order valence-corrected chi connectivity index (χ3v) is 7.60. The van der Waals surface area contributed by atoms with Gasteiger partial charge in [0, 0.05) is 73.2 Å². The minimum absolute atomic E-state index is 0.169. The molecular formula is C27H27F2N3O4S. The van der Waals surface area contributed by atoms with Crippen molar-refractivity contribution in [2.45, 2.75) is 24.6 Å². The largest absolute Gasteiger partial charge is 0.385 e. The lowest BCUT2D eigenvalue weighted by atomic mass is 9.97. The molecule has 2 aromatic carbocycles. The number of aromatic amines is 1. The van der Waals surface area contributed by atoms with E-state index in [4.69, 9.17) is 4.74 Å². The van der Waals surface area contributed by atoms with Gasteiger partial charge in [0.25, 0.3) is 5.56 Å². The zero-order valence-corrected chi connectivity index (χ0v) is 21.5. The standard InChI is InChI=1S/C27H27F2N3O4S/c1-31-14-20-18-11-16(15-37(3,34)35)6-8-23(18)32(24-9-7-17(28)12-21(24)29)22(5-4-10-36-2)19-13-30-26(25(19)20)27(31)33/h6-9,11-14,22,30H,4-5,10,15H2,1-3H3. The maximum absolute atomic E-state index is 15.4. The van der Waals surface area contributed by atoms with Gasteiger partial charge in [-0.3, -0.25) is 4.79 Å². The Labute approximate surface area is 213 Å². The van der Waals surface area contributed by atoms with Crippen LogP contribution in [0.5, 0.6) is 0 Å². The van der Waals surface area contributed by atoms with Crippen LogP contribution >= 0.6 is 0 Å². The average molecular weight is 528 g/mol. The topological polar surface area (TPSA) is 84.4 Å². The summed E-state index contributed by atoms with van der Waals surface area (Å²) in [5.41, 5.74) is 3.74. The van der Waals surface area contributed by atoms with Crippen molar-refractivity contribution in [3.63, 3.8) is 0 Å². The van der Waals surface area contributed by atoms with Crippen molar-refractivity contribution in [2.24, 2.45) is 7.05 Å². The Bertz CT molecular complexity index is 1680. The lowest BCUT2D eigenvalue weighted by Crippen LogP contribution is -2.25. The van der Waals surface area contributed by atoms with Crippen molar-refractivity contribution in [1.29, 1.82) is 0 Å². The van der Waals surface area contributed by atoms with E-state index in [9.17, 15) is 17.6 Å². The lowest BCUT2D eigenvalue weighted by Gasteiger charge is -2.34. The molecule has 5 rings (SSSR count). The van der Waals surface area contributed by atoms with Crippen LogP contribution in [-0.2, 0) is 27.4 Å². The van der Waals surface area contributed by atoms with Gasteiger partial charge >= 0.3 is 0 Å². The molecule has 0 aliphatic carbocycles. The third-order valence-electron chi connectivity index (χ3n) is 6.74. The number of rotatable bonds is 7. The van der Waals surface area contributed by atoms with Crippen LogP contribution in [0.15, 0.2) is 53.6 Å². The highest BCUT2D eigenvalue weighted by Crippen LogP contribution is 2.50. The number of benzene rings is 2. The van der Waals surface area contributed by atoms with Crippen LogP contribution in [0.2, 0.25) is 0 Å². The summed E-state index contributed by atoms with van der Waals surface area (Å²) in [5, 5.41) is 0.702. The molecule has 0 spiro atoms. The van der Waals surface area contributed by atoms with E-state index in [1.807, 2.05) is 4.90 Å². The number of pyridine rings is 1. The van der Waals surface area contributed by atoms with Gasteiger partial charge in [0.05, 0.1) is 17.5 Å². The van der Waals surface area contributed by atoms with E-state index in [0.29, 0.717) is 47.2 Å². The van der Waals surface area contributed by atoms with Crippen LogP contribution in [0.4, 0.5) is 20.2 Å². The predicted octanol–water partition coefficient (Wildman–Crippen LogP) is 4.98. The van der Waals surface area contributed by atoms with Gasteiger partial charge in [-0.1, -0.05) is 6.07 Å². The number of nitrogens with zero attached hydrogens (tertiary/aromatic N) is 2. The number of aryl methyl sites for hydroxylation is 1. The summed E-state index contributed by atoms with van der Waals surface area (Å²) in [6.07, 6.45) is 5.86. The summed E-state index contributed by atoms with van der Waals surface area (Å²) in [7, 11) is -0.0649. The second-order valence-corrected chi connectivity index (χ2v) is 11.6. The first-order valence-corrected chi connectivity index (χ1v) is 13.9. The zero-order chi connectivity index (χ0) is 26.5. The number of nitrogens with one attached hydrogen (secondary N) is 1. The molecule has 0 amide bonds. The van der Waals surface area contributed by atoms with Gasteiger partial charge in [-0.25, -0.2) is 17.2 Å². The highest BCUT2D eigenvalue weighted by molar-refractivity contribution is 7.89. The van der Waals surface area contributed by atoms with Crippen molar-refractivity contribution in [2.75, 3.05) is 24.9 Å². The lowest BCUT2D eigenvalue weighted by molar-refractivity contribution is 0.190. The fourth-order valence-electron chi connectivity index (χ4n) is 5.25. The summed E-state index contributed by atoms with van der Waals surface area (Å²) in [6.45, 7) is 0.480. The van der Waals surface area contributed by atoms with Gasteiger partial charge in [0.15, 0.2) is 9.84 Å². The molecule has 0 saturated heterocycles. The summed E-state index contributed by atoms with van der Waals surface area (Å²) in [5.74, 6) is -1.58. The van der Waals surface area contributed by atoms with Gasteiger partial charge in [-0.05, 0) is 42.7 Å². The van der Waals surface area contributed by atoms with Gasteiger partial charge in [-0.15, -0.1) is 0 Å². The minimum Gasteiger partial charge on any atom is -0.385 e. The number of H-pyrrole nitrogens is 1. The number of hydrogen-bond acceptors (Lipinski definition) is 5. The Morgan fingerprint density at radius 3 is 2.54 bits per heavy atom. The number of sulfone groups is 1. The first kappa shape index (κ1) is 25.2. The van der Waals surface area contributed by atoms with Crippen molar-refractivity contribution in [1.82, 2.24) is 9.55 Å². The summed E-state index contributed by atoms with van der Waals surface area (Å²) >= 11 is 0. The molecule has 1 atom stereocenters. The Balaban J connectivity index is 1.87. The van der Waals surface area contributed by atoms with Crippen LogP contribution in [-0.4, -0.2) is 37.9 Å². The smallest absolute Gasteiger partial charge is 0.274 e. The fourth-order valence-corrected chi connectivity index (χ4v) is 6.03. The van der Waals surface area contributed by atoms with Gasteiger partial charge in [0.1, 0.15) is 17.2 Å². The van der Waals surface area contributed by atoms with Gasteiger partial charge < -0.3 is 19.2 Å². The fraction of sp³-hybridized carbons (Fsp3) is 0.296. The second kappa shape index (κ2) is 9.42. The normalized spacial score (nSPS) is 15.2. The highest BCUT2D eigenvalue weighted by Gasteiger charge is 2.34. The first-order valence-electron chi connectivity index (χ1n) is 11.8. The summed E-state index contributed by atoms with van der Waals surface area (Å²) in [4.78, 5) is 18.0. The van der Waals surface area contributed by atoms with E-state index in [2.05, 4.69) is 4.98 Å². The van der Waals surface area contributed by atoms with Crippen LogP contribution in [0.1, 0.15) is 30.0 Å². The van der Waals surface area contributed by atoms with E-state index in [0.717, 1.165) is 17.2 Å². The molecule has 0 radical (unpaired) electrons. The third kappa shape index (κ3) is 4.55. The van der Waals surface area contributed by atoms with Crippen LogP contribution in [0, 0.1) is 11.6 Å². The van der Waals surface area contributed by atoms with Crippen molar-refractivity contribution in [3.05, 3.63) is 81.9 Å². The van der Waals surface area contributed by atoms with Crippen molar-refractivity contribution in [3.8, 4) is 11.1 Å². The monoisotopic (exact) mass is 527 g/mol. The maximum Gasteiger partial charge on any atom is 0.274 e. The predicted molar refractivity (Wildman–Crippen MR) is 140 cm³/mol. The molecule has 3 heterocycles. The zero-order valence-electron chi connectivity index (χ0n) is 20.7. The summed E-state index contributed by atoms with van der Waals surface area (Å²) < 4.78 is 60.2. The van der Waals surface area contributed by atoms with Crippen molar-refractivity contribution < 1.29 is 21.9 Å². The Hall–Kier alpha value is -3.50. The number of fused-ring (bicyclic) bond motifs is 2. The molecule has 0 saturated carbocycles. The van der Waals surface area contributed by atoms with E-state index >= 15 is 4.39 Å².